The normalized spacial score (nSPS) is 17.4. The first-order valence-corrected chi connectivity index (χ1v) is 12.4. The van der Waals surface area contributed by atoms with E-state index < -0.39 is 5.97 Å². The highest BCUT2D eigenvalue weighted by atomic mass is 16.4. The van der Waals surface area contributed by atoms with Gasteiger partial charge in [0.05, 0.1) is 12.2 Å². The number of fused-ring (bicyclic) bond motifs is 1. The first kappa shape index (κ1) is 23.6. The van der Waals surface area contributed by atoms with Gasteiger partial charge in [0.15, 0.2) is 0 Å². The van der Waals surface area contributed by atoms with Crippen LogP contribution in [0.4, 0.5) is 5.69 Å². The molecule has 5 rings (SSSR count). The van der Waals surface area contributed by atoms with E-state index in [4.69, 9.17) is 5.11 Å². The molecule has 5 heteroatoms. The zero-order valence-corrected chi connectivity index (χ0v) is 20.9. The second-order valence-electron chi connectivity index (χ2n) is 9.50. The van der Waals surface area contributed by atoms with Crippen LogP contribution in [0.25, 0.3) is 17.2 Å². The molecule has 0 radical (unpaired) electrons. The Morgan fingerprint density at radius 2 is 1.86 bits per heavy atom. The molecular formula is C31H31N3O2. The quantitative estimate of drug-likeness (QED) is 0.332. The first-order valence-electron chi connectivity index (χ1n) is 12.4. The van der Waals surface area contributed by atoms with Crippen molar-refractivity contribution in [1.82, 2.24) is 9.78 Å². The zero-order valence-electron chi connectivity index (χ0n) is 20.9. The maximum atomic E-state index is 11.0. The van der Waals surface area contributed by atoms with E-state index in [1.807, 2.05) is 30.1 Å². The summed E-state index contributed by atoms with van der Waals surface area (Å²) in [6.45, 7) is 4.52. The van der Waals surface area contributed by atoms with Crippen molar-refractivity contribution in [2.75, 3.05) is 4.90 Å². The van der Waals surface area contributed by atoms with Gasteiger partial charge in [0.1, 0.15) is 0 Å². The Morgan fingerprint density at radius 1 is 1.08 bits per heavy atom. The third-order valence-electron chi connectivity index (χ3n) is 7.07. The lowest BCUT2D eigenvalue weighted by atomic mass is 9.82. The number of anilines is 1. The van der Waals surface area contributed by atoms with Crippen molar-refractivity contribution < 1.29 is 9.90 Å². The van der Waals surface area contributed by atoms with Crippen molar-refractivity contribution in [1.29, 1.82) is 0 Å². The lowest BCUT2D eigenvalue weighted by molar-refractivity contribution is -0.131. The van der Waals surface area contributed by atoms with Gasteiger partial charge in [0, 0.05) is 36.6 Å². The molecule has 1 aromatic heterocycles. The number of benzene rings is 3. The van der Waals surface area contributed by atoms with Crippen LogP contribution in [0, 0.1) is 0 Å². The Hall–Kier alpha value is -4.12. The largest absolute Gasteiger partial charge is 0.478 e. The highest BCUT2D eigenvalue weighted by Gasteiger charge is 2.34. The Labute approximate surface area is 212 Å². The number of carboxylic acids is 1. The molecule has 0 unspecified atom stereocenters. The molecule has 0 amide bonds. The summed E-state index contributed by atoms with van der Waals surface area (Å²) in [5.41, 5.74) is 9.64. The van der Waals surface area contributed by atoms with Gasteiger partial charge >= 0.3 is 5.97 Å². The molecule has 1 aliphatic heterocycles. The summed E-state index contributed by atoms with van der Waals surface area (Å²) in [7, 11) is 1.94. The van der Waals surface area contributed by atoms with Crippen molar-refractivity contribution in [2.24, 2.45) is 7.05 Å². The number of hydrogen-bond acceptors (Lipinski definition) is 3. The van der Waals surface area contributed by atoms with Crippen LogP contribution in [-0.4, -0.2) is 26.9 Å². The van der Waals surface area contributed by atoms with E-state index in [0.29, 0.717) is 6.04 Å². The van der Waals surface area contributed by atoms with Gasteiger partial charge in [-0.25, -0.2) is 4.79 Å². The van der Waals surface area contributed by atoms with E-state index in [1.165, 1.54) is 39.6 Å². The van der Waals surface area contributed by atoms with Crippen LogP contribution in [-0.2, 0) is 24.7 Å². The summed E-state index contributed by atoms with van der Waals surface area (Å²) >= 11 is 0. The van der Waals surface area contributed by atoms with Crippen LogP contribution < -0.4 is 4.90 Å². The fraction of sp³-hybridized carbons (Fsp3) is 0.226. The third kappa shape index (κ3) is 4.57. The van der Waals surface area contributed by atoms with Gasteiger partial charge in [-0.2, -0.15) is 5.10 Å². The predicted molar refractivity (Wildman–Crippen MR) is 145 cm³/mol. The number of aromatic nitrogens is 2. The number of hydrogen-bond donors (Lipinski definition) is 1. The standard InChI is InChI=1S/C31H31N3O2/c1-4-23-7-5-6-8-29(23)34-21(2)17-26-18-25(27-19-32-33(3)20-27)14-15-28(26)31(34)24-12-9-22(10-13-24)11-16-30(35)36/h5-16,18-21,31H,4,17H2,1-3H3,(H,35,36)/b16-11+/t21-,31-/m1/s1. The van der Waals surface area contributed by atoms with Gasteiger partial charge in [0.25, 0.3) is 0 Å². The monoisotopic (exact) mass is 477 g/mol. The molecule has 1 N–H and O–H groups in total. The molecule has 1 aliphatic rings. The molecule has 0 aliphatic carbocycles. The number of carboxylic acid groups (broad SMARTS) is 1. The molecule has 0 fully saturated rings. The first-order chi connectivity index (χ1) is 17.4. The van der Waals surface area contributed by atoms with E-state index >= 15 is 0 Å². The smallest absolute Gasteiger partial charge is 0.328 e. The predicted octanol–water partition coefficient (Wildman–Crippen LogP) is 6.29. The van der Waals surface area contributed by atoms with Crippen molar-refractivity contribution in [2.45, 2.75) is 38.8 Å². The van der Waals surface area contributed by atoms with E-state index in [1.54, 1.807) is 6.08 Å². The molecule has 0 bridgehead atoms. The molecule has 36 heavy (non-hydrogen) atoms. The average Bonchev–Trinajstić information content (AvgIpc) is 3.33. The second-order valence-corrected chi connectivity index (χ2v) is 9.50. The second kappa shape index (κ2) is 9.86. The summed E-state index contributed by atoms with van der Waals surface area (Å²) in [4.78, 5) is 13.5. The summed E-state index contributed by atoms with van der Waals surface area (Å²) < 4.78 is 1.84. The number of carbonyl (C=O) groups is 1. The summed E-state index contributed by atoms with van der Waals surface area (Å²) in [6, 6.07) is 24.1. The molecule has 0 saturated carbocycles. The molecule has 182 valence electrons. The molecule has 5 nitrogen and oxygen atoms in total. The maximum absolute atomic E-state index is 11.0. The lowest BCUT2D eigenvalue weighted by Crippen LogP contribution is -2.43. The van der Waals surface area contributed by atoms with E-state index in [0.717, 1.165) is 24.0 Å². The van der Waals surface area contributed by atoms with Crippen LogP contribution >= 0.6 is 0 Å². The number of aryl methyl sites for hydroxylation is 2. The van der Waals surface area contributed by atoms with Gasteiger partial charge in [-0.15, -0.1) is 0 Å². The van der Waals surface area contributed by atoms with Gasteiger partial charge < -0.3 is 10.0 Å². The van der Waals surface area contributed by atoms with Gasteiger partial charge in [0.2, 0.25) is 0 Å². The Bertz CT molecular complexity index is 1420. The summed E-state index contributed by atoms with van der Waals surface area (Å²) in [5, 5.41) is 13.3. The Morgan fingerprint density at radius 3 is 2.56 bits per heavy atom. The number of para-hydroxylation sites is 1. The van der Waals surface area contributed by atoms with Crippen LogP contribution in [0.1, 0.15) is 47.7 Å². The van der Waals surface area contributed by atoms with Crippen LogP contribution in [0.2, 0.25) is 0 Å². The zero-order chi connectivity index (χ0) is 25.2. The van der Waals surface area contributed by atoms with Crippen molar-refractivity contribution in [3.63, 3.8) is 0 Å². The van der Waals surface area contributed by atoms with Crippen LogP contribution in [0.5, 0.6) is 0 Å². The summed E-state index contributed by atoms with van der Waals surface area (Å²) in [5.74, 6) is -0.944. The minimum absolute atomic E-state index is 0.0527. The van der Waals surface area contributed by atoms with Crippen molar-refractivity contribution in [3.8, 4) is 11.1 Å². The molecular weight excluding hydrogens is 446 g/mol. The topological polar surface area (TPSA) is 58.4 Å². The van der Waals surface area contributed by atoms with Gasteiger partial charge in [-0.3, -0.25) is 4.68 Å². The molecule has 2 heterocycles. The molecule has 0 spiro atoms. The minimum Gasteiger partial charge on any atom is -0.478 e. The molecule has 2 atom stereocenters. The highest BCUT2D eigenvalue weighted by Crippen LogP contribution is 2.43. The lowest BCUT2D eigenvalue weighted by Gasteiger charge is -2.45. The van der Waals surface area contributed by atoms with E-state index in [9.17, 15) is 4.79 Å². The SMILES string of the molecule is CCc1ccccc1N1[C@H](c2ccc(/C=C/C(=O)O)cc2)c2ccc(-c3cnn(C)c3)cc2C[C@H]1C. The molecule has 4 aromatic rings. The number of aliphatic carboxylic acids is 1. The van der Waals surface area contributed by atoms with E-state index in [-0.39, 0.29) is 6.04 Å². The van der Waals surface area contributed by atoms with Crippen LogP contribution in [0.15, 0.2) is 85.2 Å². The van der Waals surface area contributed by atoms with Crippen molar-refractivity contribution in [3.05, 3.63) is 113 Å². The van der Waals surface area contributed by atoms with E-state index in [2.05, 4.69) is 84.6 Å². The fourth-order valence-electron chi connectivity index (χ4n) is 5.36. The van der Waals surface area contributed by atoms with Crippen molar-refractivity contribution >= 4 is 17.7 Å². The summed E-state index contributed by atoms with van der Waals surface area (Å²) in [6.07, 6.45) is 8.71. The Kier molecular flexibility index (Phi) is 6.47. The number of rotatable bonds is 6. The maximum Gasteiger partial charge on any atom is 0.328 e. The van der Waals surface area contributed by atoms with Gasteiger partial charge in [-0.1, -0.05) is 67.6 Å². The molecule has 3 aromatic carbocycles. The molecule has 0 saturated heterocycles. The fourth-order valence-corrected chi connectivity index (χ4v) is 5.36. The van der Waals surface area contributed by atoms with Gasteiger partial charge in [-0.05, 0) is 65.3 Å². The Balaban J connectivity index is 1.63. The average molecular weight is 478 g/mol. The van der Waals surface area contributed by atoms with Crippen LogP contribution in [0.3, 0.4) is 0 Å². The minimum atomic E-state index is -0.944. The highest BCUT2D eigenvalue weighted by molar-refractivity contribution is 5.85. The third-order valence-corrected chi connectivity index (χ3v) is 7.07. The number of nitrogens with zero attached hydrogens (tertiary/aromatic N) is 3.